The molecule has 1 aliphatic heterocycles. The molecule has 0 aliphatic carbocycles. The van der Waals surface area contributed by atoms with Crippen LogP contribution < -0.4 is 9.47 Å². The highest BCUT2D eigenvalue weighted by Crippen LogP contribution is 2.45. The molecule has 3 rings (SSSR count). The van der Waals surface area contributed by atoms with E-state index in [-0.39, 0.29) is 6.79 Å². The second kappa shape index (κ2) is 4.30. The van der Waals surface area contributed by atoms with Crippen molar-refractivity contribution in [3.05, 3.63) is 46.5 Å². The average Bonchev–Trinajstić information content (AvgIpc) is 2.60. The van der Waals surface area contributed by atoms with Crippen molar-refractivity contribution in [1.82, 2.24) is 0 Å². The van der Waals surface area contributed by atoms with Gasteiger partial charge in [0.25, 0.3) is 0 Å². The highest BCUT2D eigenvalue weighted by Gasteiger charge is 2.22. The van der Waals surface area contributed by atoms with Crippen LogP contribution in [0.15, 0.2) is 24.3 Å². The zero-order chi connectivity index (χ0) is 13.6. The van der Waals surface area contributed by atoms with Gasteiger partial charge in [-0.2, -0.15) is 0 Å². The van der Waals surface area contributed by atoms with E-state index in [1.54, 1.807) is 0 Å². The maximum atomic E-state index is 5.83. The van der Waals surface area contributed by atoms with Gasteiger partial charge >= 0.3 is 0 Å². The van der Waals surface area contributed by atoms with E-state index in [1.807, 2.05) is 0 Å². The molecule has 98 valence electrons. The van der Waals surface area contributed by atoms with Crippen LogP contribution in [0.25, 0.3) is 11.1 Å². The van der Waals surface area contributed by atoms with E-state index in [0.717, 1.165) is 22.6 Å². The highest BCUT2D eigenvalue weighted by molar-refractivity contribution is 5.83. The minimum atomic E-state index is 0.272. The number of aryl methyl sites for hydroxylation is 4. The van der Waals surface area contributed by atoms with Crippen molar-refractivity contribution >= 4 is 0 Å². The first-order chi connectivity index (χ1) is 9.09. The first-order valence-corrected chi connectivity index (χ1v) is 6.56. The minimum absolute atomic E-state index is 0.272. The van der Waals surface area contributed by atoms with Crippen molar-refractivity contribution in [2.45, 2.75) is 27.7 Å². The molecule has 1 heterocycles. The van der Waals surface area contributed by atoms with Gasteiger partial charge in [0.15, 0.2) is 0 Å². The first kappa shape index (κ1) is 12.1. The SMILES string of the molecule is Cc1ccc(C)c2c1OCOc1c(C)ccc(C)c1-2. The number of hydrogen-bond donors (Lipinski definition) is 0. The summed E-state index contributed by atoms with van der Waals surface area (Å²) in [6, 6.07) is 8.50. The summed E-state index contributed by atoms with van der Waals surface area (Å²) >= 11 is 0. The fourth-order valence-electron chi connectivity index (χ4n) is 2.71. The number of ether oxygens (including phenoxy) is 2. The monoisotopic (exact) mass is 254 g/mol. The van der Waals surface area contributed by atoms with E-state index in [0.29, 0.717) is 0 Å². The van der Waals surface area contributed by atoms with Crippen LogP contribution in [0, 0.1) is 27.7 Å². The third kappa shape index (κ3) is 1.79. The van der Waals surface area contributed by atoms with Gasteiger partial charge in [-0.05, 0) is 49.9 Å². The lowest BCUT2D eigenvalue weighted by molar-refractivity contribution is 0.123. The summed E-state index contributed by atoms with van der Waals surface area (Å²) in [5.41, 5.74) is 7.10. The summed E-state index contributed by atoms with van der Waals surface area (Å²) in [7, 11) is 0. The van der Waals surface area contributed by atoms with Gasteiger partial charge in [0.2, 0.25) is 6.79 Å². The van der Waals surface area contributed by atoms with Crippen molar-refractivity contribution in [2.75, 3.05) is 6.79 Å². The second-order valence-electron chi connectivity index (χ2n) is 5.21. The summed E-state index contributed by atoms with van der Waals surface area (Å²) in [6.45, 7) is 8.67. The Kier molecular flexibility index (Phi) is 2.74. The third-order valence-electron chi connectivity index (χ3n) is 3.78. The van der Waals surface area contributed by atoms with Gasteiger partial charge in [0, 0.05) is 11.1 Å². The Morgan fingerprint density at radius 3 is 1.42 bits per heavy atom. The van der Waals surface area contributed by atoms with Crippen LogP contribution in [-0.2, 0) is 0 Å². The number of fused-ring (bicyclic) bond motifs is 3. The van der Waals surface area contributed by atoms with Crippen LogP contribution in [0.4, 0.5) is 0 Å². The van der Waals surface area contributed by atoms with Gasteiger partial charge in [-0.15, -0.1) is 0 Å². The molecule has 0 aromatic heterocycles. The van der Waals surface area contributed by atoms with Gasteiger partial charge in [0.1, 0.15) is 11.5 Å². The summed E-state index contributed by atoms with van der Waals surface area (Å²) in [5, 5.41) is 0. The topological polar surface area (TPSA) is 18.5 Å². The van der Waals surface area contributed by atoms with Gasteiger partial charge in [-0.3, -0.25) is 0 Å². The Morgan fingerprint density at radius 1 is 0.632 bits per heavy atom. The van der Waals surface area contributed by atoms with Crippen LogP contribution in [0.1, 0.15) is 22.3 Å². The molecular weight excluding hydrogens is 236 g/mol. The molecule has 0 bridgehead atoms. The van der Waals surface area contributed by atoms with Crippen molar-refractivity contribution in [2.24, 2.45) is 0 Å². The molecule has 2 aromatic carbocycles. The van der Waals surface area contributed by atoms with Crippen molar-refractivity contribution in [3.63, 3.8) is 0 Å². The molecule has 2 aromatic rings. The van der Waals surface area contributed by atoms with E-state index in [1.165, 1.54) is 22.3 Å². The molecule has 1 aliphatic rings. The first-order valence-electron chi connectivity index (χ1n) is 6.56. The molecule has 0 N–H and O–H groups in total. The van der Waals surface area contributed by atoms with Crippen LogP contribution in [0.5, 0.6) is 11.5 Å². The molecule has 2 heteroatoms. The van der Waals surface area contributed by atoms with Crippen molar-refractivity contribution in [3.8, 4) is 22.6 Å². The summed E-state index contributed by atoms with van der Waals surface area (Å²) < 4.78 is 11.7. The van der Waals surface area contributed by atoms with Crippen molar-refractivity contribution in [1.29, 1.82) is 0 Å². The van der Waals surface area contributed by atoms with Crippen molar-refractivity contribution < 1.29 is 9.47 Å². The van der Waals surface area contributed by atoms with Gasteiger partial charge in [-0.1, -0.05) is 24.3 Å². The largest absolute Gasteiger partial charge is 0.457 e. The zero-order valence-corrected chi connectivity index (χ0v) is 11.8. The van der Waals surface area contributed by atoms with E-state index in [4.69, 9.17) is 9.47 Å². The van der Waals surface area contributed by atoms with Gasteiger partial charge in [0.05, 0.1) is 0 Å². The Morgan fingerprint density at radius 2 is 1.00 bits per heavy atom. The lowest BCUT2D eigenvalue weighted by atomic mass is 9.91. The lowest BCUT2D eigenvalue weighted by Crippen LogP contribution is -2.05. The van der Waals surface area contributed by atoms with Gasteiger partial charge < -0.3 is 9.47 Å². The average molecular weight is 254 g/mol. The second-order valence-corrected chi connectivity index (χ2v) is 5.21. The number of benzene rings is 2. The maximum absolute atomic E-state index is 5.83. The minimum Gasteiger partial charge on any atom is -0.457 e. The summed E-state index contributed by atoms with van der Waals surface area (Å²) in [4.78, 5) is 0. The smallest absolute Gasteiger partial charge is 0.230 e. The predicted molar refractivity (Wildman–Crippen MR) is 76.9 cm³/mol. The molecular formula is C17H18O2. The predicted octanol–water partition coefficient (Wildman–Crippen LogP) is 4.32. The molecule has 0 unspecified atom stereocenters. The standard InChI is InChI=1S/C17H18O2/c1-10-5-7-12(3)16-14(10)15-11(2)6-8-13(4)17(15)19-9-18-16/h5-8H,9H2,1-4H3. The Labute approximate surface area is 114 Å². The number of hydrogen-bond acceptors (Lipinski definition) is 2. The Balaban J connectivity index is 2.43. The molecule has 19 heavy (non-hydrogen) atoms. The highest BCUT2D eigenvalue weighted by atomic mass is 16.7. The zero-order valence-electron chi connectivity index (χ0n) is 11.8. The van der Waals surface area contributed by atoms with Crippen LogP contribution in [-0.4, -0.2) is 6.79 Å². The summed E-state index contributed by atoms with van der Waals surface area (Å²) in [6.07, 6.45) is 0. The van der Waals surface area contributed by atoms with Crippen LogP contribution in [0.2, 0.25) is 0 Å². The van der Waals surface area contributed by atoms with Crippen LogP contribution in [0.3, 0.4) is 0 Å². The van der Waals surface area contributed by atoms with E-state index < -0.39 is 0 Å². The Hall–Kier alpha value is -1.96. The van der Waals surface area contributed by atoms with E-state index in [2.05, 4.69) is 52.0 Å². The van der Waals surface area contributed by atoms with Gasteiger partial charge in [-0.25, -0.2) is 0 Å². The Bertz CT molecular complexity index is 599. The maximum Gasteiger partial charge on any atom is 0.230 e. The fraction of sp³-hybridized carbons (Fsp3) is 0.294. The summed E-state index contributed by atoms with van der Waals surface area (Å²) in [5.74, 6) is 1.90. The van der Waals surface area contributed by atoms with E-state index in [9.17, 15) is 0 Å². The molecule has 0 spiro atoms. The third-order valence-corrected chi connectivity index (χ3v) is 3.78. The molecule has 0 radical (unpaired) electrons. The molecule has 0 atom stereocenters. The molecule has 0 amide bonds. The molecule has 0 saturated heterocycles. The van der Waals surface area contributed by atoms with E-state index >= 15 is 0 Å². The molecule has 2 nitrogen and oxygen atoms in total. The quantitative estimate of drug-likeness (QED) is 0.697. The number of rotatable bonds is 0. The van der Waals surface area contributed by atoms with Crippen LogP contribution >= 0.6 is 0 Å². The lowest BCUT2D eigenvalue weighted by Gasteiger charge is -2.15. The normalized spacial score (nSPS) is 12.8. The molecule has 0 fully saturated rings. The molecule has 0 saturated carbocycles. The fourth-order valence-corrected chi connectivity index (χ4v) is 2.71.